The standard InChI is InChI=1S/C10H15BrO4/c1-4-5-10(6-7-11,8(12)14-2)9(13)15-3/h4H,1,5-7H2,2-3H3. The minimum absolute atomic E-state index is 0.206. The van der Waals surface area contributed by atoms with E-state index in [-0.39, 0.29) is 6.42 Å². The number of alkyl halides is 1. The summed E-state index contributed by atoms with van der Waals surface area (Å²) in [5, 5.41) is 0.505. The van der Waals surface area contributed by atoms with Gasteiger partial charge in [0, 0.05) is 5.33 Å². The molecule has 5 heteroatoms. The quantitative estimate of drug-likeness (QED) is 0.321. The van der Waals surface area contributed by atoms with E-state index in [0.29, 0.717) is 11.8 Å². The lowest BCUT2D eigenvalue weighted by Gasteiger charge is -2.25. The van der Waals surface area contributed by atoms with Crippen LogP contribution in [0.4, 0.5) is 0 Å². The molecule has 0 saturated carbocycles. The Kier molecular flexibility index (Phi) is 6.24. The van der Waals surface area contributed by atoms with Gasteiger partial charge in [-0.15, -0.1) is 6.58 Å². The van der Waals surface area contributed by atoms with E-state index in [1.54, 1.807) is 0 Å². The van der Waals surface area contributed by atoms with Crippen LogP contribution in [0.25, 0.3) is 0 Å². The molecule has 0 aromatic carbocycles. The number of rotatable bonds is 6. The van der Waals surface area contributed by atoms with Gasteiger partial charge in [0.15, 0.2) is 5.41 Å². The number of hydrogen-bond donors (Lipinski definition) is 0. The zero-order valence-electron chi connectivity index (χ0n) is 8.92. The Morgan fingerprint density at radius 1 is 1.33 bits per heavy atom. The summed E-state index contributed by atoms with van der Waals surface area (Å²) >= 11 is 3.20. The van der Waals surface area contributed by atoms with Gasteiger partial charge in [-0.2, -0.15) is 0 Å². The molecule has 0 fully saturated rings. The number of esters is 2. The summed E-state index contributed by atoms with van der Waals surface area (Å²) in [6.07, 6.45) is 2.03. The molecule has 4 nitrogen and oxygen atoms in total. The van der Waals surface area contributed by atoms with Crippen LogP contribution in [-0.2, 0) is 19.1 Å². The molecule has 0 spiro atoms. The molecule has 0 unspecified atom stereocenters. The molecule has 0 N–H and O–H groups in total. The van der Waals surface area contributed by atoms with Gasteiger partial charge < -0.3 is 9.47 Å². The van der Waals surface area contributed by atoms with Gasteiger partial charge in [-0.1, -0.05) is 22.0 Å². The molecule has 0 saturated heterocycles. The normalized spacial score (nSPS) is 10.6. The first kappa shape index (κ1) is 14.2. The smallest absolute Gasteiger partial charge is 0.323 e. The summed E-state index contributed by atoms with van der Waals surface area (Å²) in [6, 6.07) is 0. The lowest BCUT2D eigenvalue weighted by atomic mass is 9.82. The van der Waals surface area contributed by atoms with Crippen LogP contribution in [0.5, 0.6) is 0 Å². The molecular formula is C10H15BrO4. The van der Waals surface area contributed by atoms with E-state index in [2.05, 4.69) is 32.0 Å². The molecule has 0 aromatic heterocycles. The van der Waals surface area contributed by atoms with Crippen molar-refractivity contribution in [2.24, 2.45) is 5.41 Å². The maximum absolute atomic E-state index is 11.6. The number of allylic oxidation sites excluding steroid dienone is 1. The first-order chi connectivity index (χ1) is 7.08. The molecule has 15 heavy (non-hydrogen) atoms. The molecule has 0 aliphatic heterocycles. The fraction of sp³-hybridized carbons (Fsp3) is 0.600. The van der Waals surface area contributed by atoms with E-state index in [0.717, 1.165) is 0 Å². The predicted octanol–water partition coefficient (Wildman–Crippen LogP) is 1.68. The highest BCUT2D eigenvalue weighted by atomic mass is 79.9. The van der Waals surface area contributed by atoms with Crippen molar-refractivity contribution in [3.05, 3.63) is 12.7 Å². The SMILES string of the molecule is C=CCC(CCBr)(C(=O)OC)C(=O)OC. The van der Waals surface area contributed by atoms with Crippen molar-refractivity contribution in [3.63, 3.8) is 0 Å². The third-order valence-electron chi connectivity index (χ3n) is 2.17. The average molecular weight is 279 g/mol. The predicted molar refractivity (Wildman–Crippen MR) is 59.7 cm³/mol. The maximum Gasteiger partial charge on any atom is 0.323 e. The van der Waals surface area contributed by atoms with Crippen molar-refractivity contribution < 1.29 is 19.1 Å². The summed E-state index contributed by atoms with van der Waals surface area (Å²) in [4.78, 5) is 23.2. The molecule has 0 aliphatic rings. The lowest BCUT2D eigenvalue weighted by Crippen LogP contribution is -2.41. The Balaban J connectivity index is 5.13. The number of methoxy groups -OCH3 is 2. The van der Waals surface area contributed by atoms with Crippen LogP contribution < -0.4 is 0 Å². The van der Waals surface area contributed by atoms with Crippen molar-refractivity contribution >= 4 is 27.9 Å². The third-order valence-corrected chi connectivity index (χ3v) is 2.56. The lowest BCUT2D eigenvalue weighted by molar-refractivity contribution is -0.169. The molecule has 0 bridgehead atoms. The van der Waals surface area contributed by atoms with Gasteiger partial charge in [0.05, 0.1) is 14.2 Å². The molecule has 0 aliphatic carbocycles. The van der Waals surface area contributed by atoms with E-state index in [1.807, 2.05) is 0 Å². The number of carbonyl (C=O) groups is 2. The summed E-state index contributed by atoms with van der Waals surface area (Å²) in [6.45, 7) is 3.53. The topological polar surface area (TPSA) is 52.6 Å². The summed E-state index contributed by atoms with van der Waals surface area (Å²) in [7, 11) is 2.49. The molecule has 0 heterocycles. The van der Waals surface area contributed by atoms with E-state index < -0.39 is 17.4 Å². The molecule has 0 amide bonds. The minimum atomic E-state index is -1.27. The average Bonchev–Trinajstić information content (AvgIpc) is 2.26. The zero-order valence-corrected chi connectivity index (χ0v) is 10.5. The first-order valence-electron chi connectivity index (χ1n) is 4.42. The Bertz CT molecular complexity index is 234. The minimum Gasteiger partial charge on any atom is -0.468 e. The zero-order chi connectivity index (χ0) is 11.9. The highest BCUT2D eigenvalue weighted by Crippen LogP contribution is 2.31. The molecule has 0 aromatic rings. The van der Waals surface area contributed by atoms with Crippen LogP contribution in [0, 0.1) is 5.41 Å². The number of hydrogen-bond acceptors (Lipinski definition) is 4. The second-order valence-electron chi connectivity index (χ2n) is 3.00. The van der Waals surface area contributed by atoms with E-state index in [1.165, 1.54) is 20.3 Å². The summed E-state index contributed by atoms with van der Waals surface area (Å²) in [5.41, 5.74) is -1.27. The molecule has 0 rings (SSSR count). The molecule has 0 atom stereocenters. The van der Waals surface area contributed by atoms with Crippen molar-refractivity contribution in [3.8, 4) is 0 Å². The van der Waals surface area contributed by atoms with Crippen LogP contribution >= 0.6 is 15.9 Å². The fourth-order valence-electron chi connectivity index (χ4n) is 1.35. The van der Waals surface area contributed by atoms with Crippen molar-refractivity contribution in [1.29, 1.82) is 0 Å². The van der Waals surface area contributed by atoms with Gasteiger partial charge in [0.1, 0.15) is 0 Å². The van der Waals surface area contributed by atoms with Crippen molar-refractivity contribution in [1.82, 2.24) is 0 Å². The number of carbonyl (C=O) groups excluding carboxylic acids is 2. The highest BCUT2D eigenvalue weighted by molar-refractivity contribution is 9.09. The van der Waals surface area contributed by atoms with Crippen LogP contribution in [0.2, 0.25) is 0 Å². The molecule has 0 radical (unpaired) electrons. The Hall–Kier alpha value is -0.840. The van der Waals surface area contributed by atoms with Gasteiger partial charge in [-0.3, -0.25) is 9.59 Å². The monoisotopic (exact) mass is 278 g/mol. The first-order valence-corrected chi connectivity index (χ1v) is 5.55. The van der Waals surface area contributed by atoms with Crippen LogP contribution in [0.15, 0.2) is 12.7 Å². The van der Waals surface area contributed by atoms with E-state index in [4.69, 9.17) is 0 Å². The maximum atomic E-state index is 11.6. The summed E-state index contributed by atoms with van der Waals surface area (Å²) < 4.78 is 9.27. The Morgan fingerprint density at radius 2 is 1.80 bits per heavy atom. The van der Waals surface area contributed by atoms with E-state index in [9.17, 15) is 9.59 Å². The van der Waals surface area contributed by atoms with E-state index >= 15 is 0 Å². The van der Waals surface area contributed by atoms with Gasteiger partial charge in [-0.25, -0.2) is 0 Å². The summed E-state index contributed by atoms with van der Waals surface area (Å²) in [5.74, 6) is -1.18. The molecular weight excluding hydrogens is 264 g/mol. The van der Waals surface area contributed by atoms with Gasteiger partial charge in [-0.05, 0) is 12.8 Å². The van der Waals surface area contributed by atoms with Crippen LogP contribution in [0.1, 0.15) is 12.8 Å². The second kappa shape index (κ2) is 6.61. The van der Waals surface area contributed by atoms with Crippen molar-refractivity contribution in [2.75, 3.05) is 19.5 Å². The Labute approximate surface area is 97.8 Å². The van der Waals surface area contributed by atoms with Gasteiger partial charge in [0.2, 0.25) is 0 Å². The molecule has 86 valence electrons. The highest BCUT2D eigenvalue weighted by Gasteiger charge is 2.46. The van der Waals surface area contributed by atoms with Crippen molar-refractivity contribution in [2.45, 2.75) is 12.8 Å². The fourth-order valence-corrected chi connectivity index (χ4v) is 2.03. The second-order valence-corrected chi connectivity index (χ2v) is 3.79. The number of halogens is 1. The third kappa shape index (κ3) is 3.06. The largest absolute Gasteiger partial charge is 0.468 e. The Morgan fingerprint density at radius 3 is 2.07 bits per heavy atom. The van der Waals surface area contributed by atoms with Gasteiger partial charge >= 0.3 is 11.9 Å². The van der Waals surface area contributed by atoms with Crippen LogP contribution in [-0.4, -0.2) is 31.5 Å². The number of ether oxygens (including phenoxy) is 2. The van der Waals surface area contributed by atoms with Gasteiger partial charge in [0.25, 0.3) is 0 Å². The van der Waals surface area contributed by atoms with Crippen LogP contribution in [0.3, 0.4) is 0 Å².